The van der Waals surface area contributed by atoms with Gasteiger partial charge in [0.05, 0.1) is 13.2 Å². The van der Waals surface area contributed by atoms with Crippen LogP contribution in [-0.4, -0.2) is 34.2 Å². The number of methoxy groups -OCH3 is 2. The summed E-state index contributed by atoms with van der Waals surface area (Å²) >= 11 is 0. The zero-order valence-electron chi connectivity index (χ0n) is 5.35. The lowest BCUT2D eigenvalue weighted by atomic mass is 10.8. The lowest BCUT2D eigenvalue weighted by Gasteiger charge is -1.91. The highest BCUT2D eigenvalue weighted by atomic mass is 16.5. The summed E-state index contributed by atoms with van der Waals surface area (Å²) in [5.41, 5.74) is 0. The maximum atomic E-state index is 8.00. The van der Waals surface area contributed by atoms with Gasteiger partial charge in [-0.1, -0.05) is 0 Å². The molecule has 0 aliphatic rings. The van der Waals surface area contributed by atoms with Crippen LogP contribution in [0.25, 0.3) is 0 Å². The van der Waals surface area contributed by atoms with Gasteiger partial charge in [-0.25, -0.2) is 0 Å². The van der Waals surface area contributed by atoms with Crippen LogP contribution in [0.4, 0.5) is 0 Å². The average Bonchev–Trinajstić information content (AvgIpc) is 1.88. The molecular formula is C5H12O3. The molecule has 0 saturated carbocycles. The summed E-state index contributed by atoms with van der Waals surface area (Å²) in [5, 5.41) is 0. The van der Waals surface area contributed by atoms with E-state index in [1.165, 1.54) is 0 Å². The smallest absolute Gasteiger partial charge is 0.106 e. The molecule has 0 fully saturated rings. The molecule has 0 atom stereocenters. The van der Waals surface area contributed by atoms with E-state index in [1.54, 1.807) is 14.2 Å². The van der Waals surface area contributed by atoms with Crippen molar-refractivity contribution >= 4 is 6.79 Å². The van der Waals surface area contributed by atoms with Gasteiger partial charge in [0.1, 0.15) is 6.79 Å². The Morgan fingerprint density at radius 1 is 1.12 bits per heavy atom. The highest BCUT2D eigenvalue weighted by molar-refractivity contribution is 5.10. The fourth-order valence-electron chi connectivity index (χ4n) is 0.167. The molecule has 0 spiro atoms. The summed E-state index contributed by atoms with van der Waals surface area (Å²) in [7, 11) is 3.30. The van der Waals surface area contributed by atoms with Crippen molar-refractivity contribution in [3.05, 3.63) is 0 Å². The van der Waals surface area contributed by atoms with Crippen molar-refractivity contribution in [2.24, 2.45) is 0 Å². The lowest BCUT2D eigenvalue weighted by molar-refractivity contribution is -0.0979. The molecule has 0 saturated heterocycles. The van der Waals surface area contributed by atoms with E-state index in [-0.39, 0.29) is 0 Å². The van der Waals surface area contributed by atoms with Crippen molar-refractivity contribution in [1.29, 1.82) is 0 Å². The average molecular weight is 120 g/mol. The molecule has 0 aliphatic carbocycles. The van der Waals surface area contributed by atoms with Gasteiger partial charge in [0.15, 0.2) is 0 Å². The Labute approximate surface area is 49.6 Å². The van der Waals surface area contributed by atoms with Crippen molar-refractivity contribution in [3.8, 4) is 0 Å². The van der Waals surface area contributed by atoms with Crippen LogP contribution in [0.2, 0.25) is 0 Å². The van der Waals surface area contributed by atoms with Gasteiger partial charge >= 0.3 is 0 Å². The van der Waals surface area contributed by atoms with Gasteiger partial charge < -0.3 is 14.3 Å². The van der Waals surface area contributed by atoms with Crippen molar-refractivity contribution in [2.75, 3.05) is 27.4 Å². The summed E-state index contributed by atoms with van der Waals surface area (Å²) < 4.78 is 9.31. The zero-order chi connectivity index (χ0) is 6.83. The summed E-state index contributed by atoms with van der Waals surface area (Å²) in [4.78, 5) is 8.00. The first-order valence-corrected chi connectivity index (χ1v) is 2.18. The topological polar surface area (TPSA) is 35.5 Å². The molecule has 0 aromatic rings. The Balaban J connectivity index is 0. The normalized spacial score (nSPS) is 7.25. The number of rotatable bonds is 3. The largest absolute Gasteiger partial charge is 0.382 e. The zero-order valence-corrected chi connectivity index (χ0v) is 5.35. The van der Waals surface area contributed by atoms with Gasteiger partial charge in [0, 0.05) is 14.2 Å². The molecule has 3 nitrogen and oxygen atoms in total. The Morgan fingerprint density at radius 2 is 1.38 bits per heavy atom. The van der Waals surface area contributed by atoms with E-state index in [9.17, 15) is 0 Å². The maximum absolute atomic E-state index is 8.00. The van der Waals surface area contributed by atoms with E-state index in [0.717, 1.165) is 0 Å². The van der Waals surface area contributed by atoms with Crippen LogP contribution < -0.4 is 0 Å². The molecule has 3 heteroatoms. The van der Waals surface area contributed by atoms with Gasteiger partial charge in [0.2, 0.25) is 0 Å². The molecule has 0 unspecified atom stereocenters. The number of carbonyl (C=O) groups excluding carboxylic acids is 1. The van der Waals surface area contributed by atoms with Crippen LogP contribution in [0.5, 0.6) is 0 Å². The number of ether oxygens (including phenoxy) is 2. The van der Waals surface area contributed by atoms with Crippen LogP contribution in [0.15, 0.2) is 0 Å². The van der Waals surface area contributed by atoms with Gasteiger partial charge in [-0.15, -0.1) is 0 Å². The number of hydrogen-bond acceptors (Lipinski definition) is 3. The number of hydrogen-bond donors (Lipinski definition) is 0. The Hall–Kier alpha value is -0.410. The number of carbonyl (C=O) groups is 1. The first-order chi connectivity index (χ1) is 3.91. The third kappa shape index (κ3) is 17.6. The van der Waals surface area contributed by atoms with E-state index in [1.807, 2.05) is 6.79 Å². The second-order valence-corrected chi connectivity index (χ2v) is 0.986. The monoisotopic (exact) mass is 120 g/mol. The second kappa shape index (κ2) is 16.0. The van der Waals surface area contributed by atoms with E-state index in [2.05, 4.69) is 9.47 Å². The van der Waals surface area contributed by atoms with Gasteiger partial charge in [-0.3, -0.25) is 0 Å². The molecule has 0 rings (SSSR count). The van der Waals surface area contributed by atoms with Crippen LogP contribution >= 0.6 is 0 Å². The first kappa shape index (κ1) is 10.5. The first-order valence-electron chi connectivity index (χ1n) is 2.18. The predicted molar refractivity (Wildman–Crippen MR) is 30.9 cm³/mol. The van der Waals surface area contributed by atoms with Crippen LogP contribution in [0.3, 0.4) is 0 Å². The minimum atomic E-state index is 0.691. The fourth-order valence-corrected chi connectivity index (χ4v) is 0.167. The molecule has 0 amide bonds. The van der Waals surface area contributed by atoms with Crippen molar-refractivity contribution < 1.29 is 14.3 Å². The molecule has 0 bridgehead atoms. The van der Waals surface area contributed by atoms with Crippen LogP contribution in [0.1, 0.15) is 0 Å². The standard InChI is InChI=1S/C4H10O2.CH2O/c1-5-3-4-6-2;1-2/h3-4H2,1-2H3;1H2. The minimum absolute atomic E-state index is 0.691. The Morgan fingerprint density at radius 3 is 1.50 bits per heavy atom. The predicted octanol–water partition coefficient (Wildman–Crippen LogP) is 0.0943. The molecule has 0 aliphatic heterocycles. The van der Waals surface area contributed by atoms with Gasteiger partial charge in [-0.2, -0.15) is 0 Å². The molecule has 0 radical (unpaired) electrons. The molecular weight excluding hydrogens is 108 g/mol. The highest BCUT2D eigenvalue weighted by Gasteiger charge is 1.73. The molecule has 0 N–H and O–H groups in total. The summed E-state index contributed by atoms with van der Waals surface area (Å²) in [6.45, 7) is 3.38. The second-order valence-electron chi connectivity index (χ2n) is 0.986. The quantitative estimate of drug-likeness (QED) is 0.495. The molecule has 50 valence electrons. The van der Waals surface area contributed by atoms with Crippen LogP contribution in [0, 0.1) is 0 Å². The van der Waals surface area contributed by atoms with Crippen LogP contribution in [-0.2, 0) is 14.3 Å². The Kier molecular flexibility index (Phi) is 21.1. The third-order valence-corrected chi connectivity index (χ3v) is 0.492. The van der Waals surface area contributed by atoms with Gasteiger partial charge in [0.25, 0.3) is 0 Å². The van der Waals surface area contributed by atoms with E-state index >= 15 is 0 Å². The molecule has 0 aromatic heterocycles. The summed E-state index contributed by atoms with van der Waals surface area (Å²) in [6, 6.07) is 0. The minimum Gasteiger partial charge on any atom is -0.382 e. The van der Waals surface area contributed by atoms with Crippen molar-refractivity contribution in [1.82, 2.24) is 0 Å². The Bertz CT molecular complexity index is 26.9. The third-order valence-electron chi connectivity index (χ3n) is 0.492. The molecule has 8 heavy (non-hydrogen) atoms. The van der Waals surface area contributed by atoms with E-state index in [0.29, 0.717) is 13.2 Å². The highest BCUT2D eigenvalue weighted by Crippen LogP contribution is 1.65. The van der Waals surface area contributed by atoms with E-state index < -0.39 is 0 Å². The van der Waals surface area contributed by atoms with Crippen molar-refractivity contribution in [2.45, 2.75) is 0 Å². The molecule has 0 aromatic carbocycles. The summed E-state index contributed by atoms with van der Waals surface area (Å²) in [6.07, 6.45) is 0. The SMILES string of the molecule is C=O.COCCOC. The maximum Gasteiger partial charge on any atom is 0.106 e. The fraction of sp³-hybridized carbons (Fsp3) is 0.800. The van der Waals surface area contributed by atoms with Crippen molar-refractivity contribution in [3.63, 3.8) is 0 Å². The molecule has 0 heterocycles. The van der Waals surface area contributed by atoms with E-state index in [4.69, 9.17) is 4.79 Å². The lowest BCUT2D eigenvalue weighted by Crippen LogP contribution is -1.96. The van der Waals surface area contributed by atoms with Gasteiger partial charge in [-0.05, 0) is 0 Å². The summed E-state index contributed by atoms with van der Waals surface area (Å²) in [5.74, 6) is 0.